The van der Waals surface area contributed by atoms with Crippen LogP contribution in [0.2, 0.25) is 0 Å². The van der Waals surface area contributed by atoms with Crippen molar-refractivity contribution >= 4 is 27.1 Å². The SMILES string of the molecule is CS(=O)(=O)CCNC(=O)c1cc(N)c(F)cc1[N+](=O)[O-]. The van der Waals surface area contributed by atoms with Gasteiger partial charge in [-0.2, -0.15) is 0 Å². The molecule has 0 aliphatic heterocycles. The number of nitrogen functional groups attached to an aromatic ring is 1. The summed E-state index contributed by atoms with van der Waals surface area (Å²) >= 11 is 0. The second-order valence-corrected chi connectivity index (χ2v) is 6.29. The number of nitrogens with two attached hydrogens (primary N) is 1. The standard InChI is InChI=1S/C10H12FN3O5S/c1-20(18,19)3-2-13-10(15)6-4-8(12)7(11)5-9(6)14(16)17/h4-5H,2-3,12H2,1H3,(H,13,15). The van der Waals surface area contributed by atoms with Crippen LogP contribution in [0.5, 0.6) is 0 Å². The molecule has 0 aromatic heterocycles. The molecule has 0 aliphatic rings. The number of benzene rings is 1. The molecular weight excluding hydrogens is 293 g/mol. The average molecular weight is 305 g/mol. The zero-order valence-corrected chi connectivity index (χ0v) is 11.2. The summed E-state index contributed by atoms with van der Waals surface area (Å²) in [4.78, 5) is 21.6. The fourth-order valence-corrected chi connectivity index (χ4v) is 1.83. The Kier molecular flexibility index (Phi) is 4.61. The van der Waals surface area contributed by atoms with E-state index in [2.05, 4.69) is 5.32 Å². The topological polar surface area (TPSA) is 132 Å². The molecule has 1 aromatic carbocycles. The van der Waals surface area contributed by atoms with E-state index >= 15 is 0 Å². The quantitative estimate of drug-likeness (QED) is 0.450. The van der Waals surface area contributed by atoms with Crippen molar-refractivity contribution in [3.05, 3.63) is 33.6 Å². The first-order valence-electron chi connectivity index (χ1n) is 5.31. The molecule has 0 aliphatic carbocycles. The number of hydrogen-bond acceptors (Lipinski definition) is 6. The zero-order valence-electron chi connectivity index (χ0n) is 10.4. The second-order valence-electron chi connectivity index (χ2n) is 4.03. The first-order valence-corrected chi connectivity index (χ1v) is 7.37. The lowest BCUT2D eigenvalue weighted by Gasteiger charge is -2.06. The molecule has 0 unspecified atom stereocenters. The Balaban J connectivity index is 2.98. The van der Waals surface area contributed by atoms with Crippen molar-refractivity contribution in [2.75, 3.05) is 24.3 Å². The predicted molar refractivity (Wildman–Crippen MR) is 69.5 cm³/mol. The van der Waals surface area contributed by atoms with Gasteiger partial charge in [0.25, 0.3) is 11.6 Å². The van der Waals surface area contributed by atoms with Crippen LogP contribution in [0.15, 0.2) is 12.1 Å². The first-order chi connectivity index (χ1) is 9.11. The first kappa shape index (κ1) is 15.8. The van der Waals surface area contributed by atoms with Crippen molar-refractivity contribution < 1.29 is 22.5 Å². The highest BCUT2D eigenvalue weighted by Crippen LogP contribution is 2.24. The summed E-state index contributed by atoms with van der Waals surface area (Å²) in [7, 11) is -3.28. The van der Waals surface area contributed by atoms with E-state index in [1.807, 2.05) is 0 Å². The molecule has 1 rings (SSSR count). The van der Waals surface area contributed by atoms with Crippen LogP contribution in [0, 0.1) is 15.9 Å². The van der Waals surface area contributed by atoms with Crippen molar-refractivity contribution in [3.63, 3.8) is 0 Å². The van der Waals surface area contributed by atoms with E-state index in [-0.39, 0.29) is 12.3 Å². The molecule has 10 heteroatoms. The normalized spacial score (nSPS) is 11.1. The molecule has 1 amide bonds. The third kappa shape index (κ3) is 4.16. The molecule has 8 nitrogen and oxygen atoms in total. The van der Waals surface area contributed by atoms with Crippen LogP contribution in [0.4, 0.5) is 15.8 Å². The highest BCUT2D eigenvalue weighted by Gasteiger charge is 2.22. The maximum atomic E-state index is 13.2. The van der Waals surface area contributed by atoms with Gasteiger partial charge in [-0.25, -0.2) is 12.8 Å². The van der Waals surface area contributed by atoms with Crippen molar-refractivity contribution in [2.24, 2.45) is 0 Å². The van der Waals surface area contributed by atoms with Crippen LogP contribution in [0.25, 0.3) is 0 Å². The Morgan fingerprint density at radius 2 is 2.10 bits per heavy atom. The molecule has 0 bridgehead atoms. The maximum absolute atomic E-state index is 13.2. The van der Waals surface area contributed by atoms with E-state index in [4.69, 9.17) is 5.73 Å². The van der Waals surface area contributed by atoms with Gasteiger partial charge in [-0.3, -0.25) is 14.9 Å². The van der Waals surface area contributed by atoms with Crippen LogP contribution in [-0.2, 0) is 9.84 Å². The minimum absolute atomic E-state index is 0.216. The van der Waals surface area contributed by atoms with Crippen molar-refractivity contribution in [1.29, 1.82) is 0 Å². The third-order valence-electron chi connectivity index (χ3n) is 2.31. The van der Waals surface area contributed by atoms with E-state index in [1.165, 1.54) is 0 Å². The second kappa shape index (κ2) is 5.82. The largest absolute Gasteiger partial charge is 0.396 e. The Hall–Kier alpha value is -2.23. The summed E-state index contributed by atoms with van der Waals surface area (Å²) in [5.41, 5.74) is 3.67. The summed E-state index contributed by atoms with van der Waals surface area (Å²) in [6, 6.07) is 1.38. The molecule has 0 radical (unpaired) electrons. The lowest BCUT2D eigenvalue weighted by Crippen LogP contribution is -2.29. The summed E-state index contributed by atoms with van der Waals surface area (Å²) in [5, 5.41) is 12.9. The number of carbonyl (C=O) groups is 1. The van der Waals surface area contributed by atoms with Gasteiger partial charge in [0.15, 0.2) is 5.82 Å². The van der Waals surface area contributed by atoms with E-state index in [9.17, 15) is 27.7 Å². The molecule has 20 heavy (non-hydrogen) atoms. The molecule has 0 fully saturated rings. The van der Waals surface area contributed by atoms with Crippen LogP contribution >= 0.6 is 0 Å². The van der Waals surface area contributed by atoms with Crippen LogP contribution in [-0.4, -0.2) is 37.8 Å². The number of nitro benzene ring substituents is 1. The molecule has 0 atom stereocenters. The maximum Gasteiger partial charge on any atom is 0.285 e. The highest BCUT2D eigenvalue weighted by molar-refractivity contribution is 7.90. The van der Waals surface area contributed by atoms with E-state index in [0.29, 0.717) is 6.07 Å². The van der Waals surface area contributed by atoms with Gasteiger partial charge >= 0.3 is 0 Å². The Morgan fingerprint density at radius 1 is 1.50 bits per heavy atom. The summed E-state index contributed by atoms with van der Waals surface area (Å²) < 4.78 is 34.9. The summed E-state index contributed by atoms with van der Waals surface area (Å²) in [5.74, 6) is -2.22. The smallest absolute Gasteiger partial charge is 0.285 e. The van der Waals surface area contributed by atoms with E-state index in [1.54, 1.807) is 0 Å². The van der Waals surface area contributed by atoms with Gasteiger partial charge in [0.1, 0.15) is 15.4 Å². The van der Waals surface area contributed by atoms with Crippen molar-refractivity contribution in [1.82, 2.24) is 5.32 Å². The van der Waals surface area contributed by atoms with Crippen LogP contribution in [0.1, 0.15) is 10.4 Å². The molecule has 1 aromatic rings. The third-order valence-corrected chi connectivity index (χ3v) is 3.26. The fourth-order valence-electron chi connectivity index (χ4n) is 1.36. The average Bonchev–Trinajstić information content (AvgIpc) is 2.29. The highest BCUT2D eigenvalue weighted by atomic mass is 32.2. The number of rotatable bonds is 5. The molecule has 110 valence electrons. The Labute approximate surface area is 113 Å². The number of halogens is 1. The van der Waals surface area contributed by atoms with Gasteiger partial charge < -0.3 is 11.1 Å². The molecule has 0 heterocycles. The number of nitrogens with one attached hydrogen (secondary N) is 1. The Bertz CT molecular complexity index is 659. The minimum atomic E-state index is -3.28. The van der Waals surface area contributed by atoms with Gasteiger partial charge in [0.05, 0.1) is 22.4 Å². The van der Waals surface area contributed by atoms with Crippen LogP contribution < -0.4 is 11.1 Å². The lowest BCUT2D eigenvalue weighted by molar-refractivity contribution is -0.385. The zero-order chi connectivity index (χ0) is 15.5. The predicted octanol–water partition coefficient (Wildman–Crippen LogP) is 0.0905. The van der Waals surface area contributed by atoms with E-state index in [0.717, 1.165) is 12.3 Å². The number of nitro groups is 1. The van der Waals surface area contributed by atoms with Crippen molar-refractivity contribution in [3.8, 4) is 0 Å². The monoisotopic (exact) mass is 305 g/mol. The molecule has 0 saturated heterocycles. The number of carbonyl (C=O) groups excluding carboxylic acids is 1. The Morgan fingerprint density at radius 3 is 2.60 bits per heavy atom. The number of anilines is 1. The van der Waals surface area contributed by atoms with Gasteiger partial charge in [-0.05, 0) is 6.07 Å². The van der Waals surface area contributed by atoms with Gasteiger partial charge in [0.2, 0.25) is 0 Å². The van der Waals surface area contributed by atoms with Crippen molar-refractivity contribution in [2.45, 2.75) is 0 Å². The number of amides is 1. The molecule has 0 saturated carbocycles. The molecule has 3 N–H and O–H groups in total. The van der Waals surface area contributed by atoms with Gasteiger partial charge in [-0.15, -0.1) is 0 Å². The summed E-state index contributed by atoms with van der Waals surface area (Å²) in [6.07, 6.45) is 0.984. The lowest BCUT2D eigenvalue weighted by atomic mass is 10.1. The summed E-state index contributed by atoms with van der Waals surface area (Å²) in [6.45, 7) is -0.216. The number of hydrogen-bond donors (Lipinski definition) is 2. The van der Waals surface area contributed by atoms with E-state index < -0.39 is 43.4 Å². The molecular formula is C10H12FN3O5S. The number of sulfone groups is 1. The van der Waals surface area contributed by atoms with Gasteiger partial charge in [-0.1, -0.05) is 0 Å². The number of nitrogens with zero attached hydrogens (tertiary/aromatic N) is 1. The minimum Gasteiger partial charge on any atom is -0.396 e. The van der Waals surface area contributed by atoms with Gasteiger partial charge in [0, 0.05) is 12.8 Å². The fraction of sp³-hybridized carbons (Fsp3) is 0.300. The molecule has 0 spiro atoms. The van der Waals surface area contributed by atoms with Crippen LogP contribution in [0.3, 0.4) is 0 Å².